The van der Waals surface area contributed by atoms with Gasteiger partial charge in [0.25, 0.3) is 0 Å². The maximum atomic E-state index is 4.74. The lowest BCUT2D eigenvalue weighted by molar-refractivity contribution is 0.392. The summed E-state index contributed by atoms with van der Waals surface area (Å²) >= 11 is 0. The standard InChI is InChI=1S/C5H6N2O.C2H6/c1-8-5-3-2-4-6-7-5;1-2/h2-4H,1H3;1-2H3. The molecule has 1 aromatic rings. The highest BCUT2D eigenvalue weighted by molar-refractivity contribution is 5.04. The fourth-order valence-corrected chi connectivity index (χ4v) is 0.396. The SMILES string of the molecule is CC.COc1cccnn1. The van der Waals surface area contributed by atoms with Crippen LogP contribution in [0.2, 0.25) is 0 Å². The molecule has 0 saturated carbocycles. The van der Waals surface area contributed by atoms with Crippen molar-refractivity contribution in [1.29, 1.82) is 0 Å². The largest absolute Gasteiger partial charge is 0.480 e. The van der Waals surface area contributed by atoms with Gasteiger partial charge in [0.05, 0.1) is 7.11 Å². The molecular weight excluding hydrogens is 128 g/mol. The number of hydrogen-bond donors (Lipinski definition) is 0. The Labute approximate surface area is 61.1 Å². The van der Waals surface area contributed by atoms with Crippen molar-refractivity contribution in [2.45, 2.75) is 13.8 Å². The third-order valence-electron chi connectivity index (χ3n) is 0.757. The van der Waals surface area contributed by atoms with Gasteiger partial charge in [-0.15, -0.1) is 5.10 Å². The van der Waals surface area contributed by atoms with Gasteiger partial charge in [0.15, 0.2) is 0 Å². The van der Waals surface area contributed by atoms with E-state index in [2.05, 4.69) is 10.2 Å². The molecule has 0 aliphatic rings. The van der Waals surface area contributed by atoms with Gasteiger partial charge in [-0.2, -0.15) is 5.10 Å². The first kappa shape index (κ1) is 8.88. The molecule has 0 unspecified atom stereocenters. The lowest BCUT2D eigenvalue weighted by atomic mass is 10.6. The van der Waals surface area contributed by atoms with Gasteiger partial charge in [-0.3, -0.25) is 0 Å². The number of rotatable bonds is 1. The van der Waals surface area contributed by atoms with E-state index < -0.39 is 0 Å². The third kappa shape index (κ3) is 3.02. The molecule has 0 aliphatic heterocycles. The van der Waals surface area contributed by atoms with E-state index in [-0.39, 0.29) is 0 Å². The van der Waals surface area contributed by atoms with E-state index >= 15 is 0 Å². The van der Waals surface area contributed by atoms with Gasteiger partial charge in [-0.05, 0) is 6.07 Å². The molecule has 3 nitrogen and oxygen atoms in total. The van der Waals surface area contributed by atoms with Gasteiger partial charge in [-0.25, -0.2) is 0 Å². The van der Waals surface area contributed by atoms with E-state index in [1.54, 1.807) is 25.4 Å². The van der Waals surface area contributed by atoms with E-state index in [0.29, 0.717) is 5.88 Å². The molecule has 0 atom stereocenters. The second kappa shape index (κ2) is 6.01. The average molecular weight is 140 g/mol. The summed E-state index contributed by atoms with van der Waals surface area (Å²) < 4.78 is 4.74. The molecule has 0 N–H and O–H groups in total. The van der Waals surface area contributed by atoms with Crippen LogP contribution >= 0.6 is 0 Å². The summed E-state index contributed by atoms with van der Waals surface area (Å²) in [5.41, 5.74) is 0. The van der Waals surface area contributed by atoms with Crippen molar-refractivity contribution in [1.82, 2.24) is 10.2 Å². The van der Waals surface area contributed by atoms with Crippen LogP contribution in [0.15, 0.2) is 18.3 Å². The molecule has 0 spiro atoms. The zero-order chi connectivity index (χ0) is 7.82. The molecule has 0 saturated heterocycles. The third-order valence-corrected chi connectivity index (χ3v) is 0.757. The van der Waals surface area contributed by atoms with Gasteiger partial charge in [-0.1, -0.05) is 13.8 Å². The van der Waals surface area contributed by atoms with Gasteiger partial charge >= 0.3 is 0 Å². The van der Waals surface area contributed by atoms with Crippen LogP contribution in [-0.4, -0.2) is 17.3 Å². The van der Waals surface area contributed by atoms with Crippen LogP contribution in [-0.2, 0) is 0 Å². The average Bonchev–Trinajstić information content (AvgIpc) is 2.10. The lowest BCUT2D eigenvalue weighted by Gasteiger charge is -1.91. The lowest BCUT2D eigenvalue weighted by Crippen LogP contribution is -1.86. The number of methoxy groups -OCH3 is 1. The zero-order valence-corrected chi connectivity index (χ0v) is 6.53. The van der Waals surface area contributed by atoms with Crippen molar-refractivity contribution in [3.63, 3.8) is 0 Å². The fourth-order valence-electron chi connectivity index (χ4n) is 0.396. The summed E-state index contributed by atoms with van der Waals surface area (Å²) in [5, 5.41) is 7.21. The Morgan fingerprint density at radius 3 is 2.40 bits per heavy atom. The van der Waals surface area contributed by atoms with E-state index in [4.69, 9.17) is 4.74 Å². The van der Waals surface area contributed by atoms with Gasteiger partial charge in [0.2, 0.25) is 5.88 Å². The molecule has 0 radical (unpaired) electrons. The predicted molar refractivity (Wildman–Crippen MR) is 39.9 cm³/mol. The molecule has 0 aromatic carbocycles. The Bertz CT molecular complexity index is 153. The Morgan fingerprint density at radius 1 is 1.40 bits per heavy atom. The van der Waals surface area contributed by atoms with Crippen LogP contribution in [0.5, 0.6) is 5.88 Å². The number of aromatic nitrogens is 2. The first-order chi connectivity index (χ1) is 4.93. The molecule has 3 heteroatoms. The van der Waals surface area contributed by atoms with Crippen molar-refractivity contribution >= 4 is 0 Å². The second-order valence-electron chi connectivity index (χ2n) is 1.27. The molecule has 0 aliphatic carbocycles. The minimum absolute atomic E-state index is 0.549. The summed E-state index contributed by atoms with van der Waals surface area (Å²) in [4.78, 5) is 0. The van der Waals surface area contributed by atoms with Crippen LogP contribution in [0.25, 0.3) is 0 Å². The highest BCUT2D eigenvalue weighted by Gasteiger charge is 1.83. The zero-order valence-electron chi connectivity index (χ0n) is 6.53. The van der Waals surface area contributed by atoms with Gasteiger partial charge in [0.1, 0.15) is 0 Å². The molecule has 0 amide bonds. The quantitative estimate of drug-likeness (QED) is 0.593. The Hall–Kier alpha value is -1.12. The molecular formula is C7H12N2O. The normalized spacial score (nSPS) is 7.50. The molecule has 10 heavy (non-hydrogen) atoms. The fraction of sp³-hybridized carbons (Fsp3) is 0.429. The van der Waals surface area contributed by atoms with Gasteiger partial charge < -0.3 is 4.74 Å². The van der Waals surface area contributed by atoms with E-state index in [1.807, 2.05) is 13.8 Å². The highest BCUT2D eigenvalue weighted by Crippen LogP contribution is 1.97. The maximum absolute atomic E-state index is 4.74. The maximum Gasteiger partial charge on any atom is 0.233 e. The van der Waals surface area contributed by atoms with Crippen molar-refractivity contribution in [2.75, 3.05) is 7.11 Å². The van der Waals surface area contributed by atoms with E-state index in [1.165, 1.54) is 0 Å². The first-order valence-electron chi connectivity index (χ1n) is 3.25. The van der Waals surface area contributed by atoms with Crippen LogP contribution in [0, 0.1) is 0 Å². The molecule has 56 valence electrons. The van der Waals surface area contributed by atoms with E-state index in [0.717, 1.165) is 0 Å². The number of nitrogens with zero attached hydrogens (tertiary/aromatic N) is 2. The molecule has 0 fully saturated rings. The second-order valence-corrected chi connectivity index (χ2v) is 1.27. The van der Waals surface area contributed by atoms with Crippen molar-refractivity contribution in [3.8, 4) is 5.88 Å². The summed E-state index contributed by atoms with van der Waals surface area (Å²) in [5.74, 6) is 0.549. The van der Waals surface area contributed by atoms with Crippen LogP contribution < -0.4 is 4.74 Å². The van der Waals surface area contributed by atoms with Crippen molar-refractivity contribution in [2.24, 2.45) is 0 Å². The topological polar surface area (TPSA) is 35.0 Å². The Balaban J connectivity index is 0.000000371. The molecule has 1 rings (SSSR count). The van der Waals surface area contributed by atoms with Crippen LogP contribution in [0.3, 0.4) is 0 Å². The number of ether oxygens (including phenoxy) is 1. The van der Waals surface area contributed by atoms with Crippen LogP contribution in [0.4, 0.5) is 0 Å². The Morgan fingerprint density at radius 2 is 2.10 bits per heavy atom. The summed E-state index contributed by atoms with van der Waals surface area (Å²) in [6.45, 7) is 4.00. The molecule has 1 heterocycles. The summed E-state index contributed by atoms with van der Waals surface area (Å²) in [7, 11) is 1.56. The number of hydrogen-bond acceptors (Lipinski definition) is 3. The summed E-state index contributed by atoms with van der Waals surface area (Å²) in [6, 6.07) is 3.51. The monoisotopic (exact) mass is 140 g/mol. The van der Waals surface area contributed by atoms with E-state index in [9.17, 15) is 0 Å². The highest BCUT2D eigenvalue weighted by atomic mass is 16.5. The van der Waals surface area contributed by atoms with Crippen molar-refractivity contribution in [3.05, 3.63) is 18.3 Å². The summed E-state index contributed by atoms with van der Waals surface area (Å²) in [6.07, 6.45) is 1.60. The van der Waals surface area contributed by atoms with Gasteiger partial charge in [0, 0.05) is 12.3 Å². The molecule has 0 bridgehead atoms. The molecule has 1 aromatic heterocycles. The minimum atomic E-state index is 0.549. The smallest absolute Gasteiger partial charge is 0.233 e. The first-order valence-corrected chi connectivity index (χ1v) is 3.25. The Kier molecular flexibility index (Phi) is 5.33. The predicted octanol–water partition coefficient (Wildman–Crippen LogP) is 1.51. The minimum Gasteiger partial charge on any atom is -0.480 e. The van der Waals surface area contributed by atoms with Crippen molar-refractivity contribution < 1.29 is 4.74 Å². The van der Waals surface area contributed by atoms with Crippen LogP contribution in [0.1, 0.15) is 13.8 Å².